The van der Waals surface area contributed by atoms with Crippen molar-refractivity contribution in [1.29, 1.82) is 0 Å². The first-order valence-corrected chi connectivity index (χ1v) is 15.9. The molecule has 0 heterocycles. The van der Waals surface area contributed by atoms with Gasteiger partial charge in [-0.05, 0) is 83.1 Å². The lowest BCUT2D eigenvalue weighted by Crippen LogP contribution is -2.55. The number of amides is 2. The Morgan fingerprint density at radius 3 is 2.38 bits per heavy atom. The largest absolute Gasteiger partial charge is 0.496 e. The second kappa shape index (κ2) is 16.3. The van der Waals surface area contributed by atoms with Crippen molar-refractivity contribution >= 4 is 40.7 Å². The third-order valence-corrected chi connectivity index (χ3v) is 8.59. The van der Waals surface area contributed by atoms with Gasteiger partial charge >= 0.3 is 6.18 Å². The van der Waals surface area contributed by atoms with Crippen LogP contribution >= 0.6 is 22.6 Å². The molecule has 3 N–H and O–H groups in total. The van der Waals surface area contributed by atoms with Crippen LogP contribution in [0.1, 0.15) is 38.3 Å². The van der Waals surface area contributed by atoms with Gasteiger partial charge in [0.1, 0.15) is 24.2 Å². The molecule has 0 saturated heterocycles. The Morgan fingerprint density at radius 2 is 1.75 bits per heavy atom. The first-order chi connectivity index (χ1) is 22.9. The molecule has 0 saturated carbocycles. The fraction of sp³-hybridized carbons (Fsp3) is 0.324. The Bertz CT molecular complexity index is 1650. The number of aliphatic hydroxyl groups excluding tert-OH is 2. The molecular formula is C34H34F3IN2O8. The molecule has 256 valence electrons. The van der Waals surface area contributed by atoms with Crippen molar-refractivity contribution in [3.8, 4) is 17.2 Å². The Hall–Kier alpha value is -4.15. The van der Waals surface area contributed by atoms with E-state index in [4.69, 9.17) is 14.2 Å². The molecule has 10 nitrogen and oxygen atoms in total. The minimum atomic E-state index is -4.61. The van der Waals surface area contributed by atoms with E-state index in [2.05, 4.69) is 5.32 Å². The monoisotopic (exact) mass is 782 g/mol. The van der Waals surface area contributed by atoms with E-state index in [1.54, 1.807) is 30.3 Å². The molecule has 3 aromatic rings. The van der Waals surface area contributed by atoms with Crippen LogP contribution in [0.3, 0.4) is 0 Å². The first-order valence-electron chi connectivity index (χ1n) is 14.8. The molecular weight excluding hydrogens is 748 g/mol. The minimum Gasteiger partial charge on any atom is -0.496 e. The summed E-state index contributed by atoms with van der Waals surface area (Å²) >= 11 is 1.94. The maximum absolute atomic E-state index is 14.1. The van der Waals surface area contributed by atoms with Crippen molar-refractivity contribution in [3.05, 3.63) is 98.1 Å². The van der Waals surface area contributed by atoms with E-state index in [0.717, 1.165) is 29.8 Å². The summed E-state index contributed by atoms with van der Waals surface area (Å²) < 4.78 is 57.5. The second-order valence-electron chi connectivity index (χ2n) is 10.8. The Kier molecular flexibility index (Phi) is 12.5. The molecule has 2 amide bonds. The number of benzene rings is 3. The van der Waals surface area contributed by atoms with Gasteiger partial charge in [0.05, 0.1) is 36.0 Å². The quantitative estimate of drug-likeness (QED) is 0.171. The van der Waals surface area contributed by atoms with Gasteiger partial charge in [0.25, 0.3) is 5.91 Å². The lowest BCUT2D eigenvalue weighted by atomic mass is 9.87. The molecule has 0 spiro atoms. The first kappa shape index (κ1) is 36.7. The van der Waals surface area contributed by atoms with Gasteiger partial charge in [-0.2, -0.15) is 13.2 Å². The summed E-state index contributed by atoms with van der Waals surface area (Å²) in [4.78, 5) is 40.1. The van der Waals surface area contributed by atoms with Crippen LogP contribution in [-0.4, -0.2) is 85.4 Å². The Labute approximate surface area is 288 Å². The Balaban J connectivity index is 1.78. The van der Waals surface area contributed by atoms with E-state index in [1.165, 1.54) is 31.3 Å². The maximum atomic E-state index is 14.1. The fourth-order valence-corrected chi connectivity index (χ4v) is 6.13. The Morgan fingerprint density at radius 1 is 1.06 bits per heavy atom. The number of nitrogens with one attached hydrogen (secondary N) is 1. The summed E-state index contributed by atoms with van der Waals surface area (Å²) in [6, 6.07) is 12.7. The fourth-order valence-electron chi connectivity index (χ4n) is 5.37. The normalized spacial score (nSPS) is 17.6. The molecule has 3 aromatic carbocycles. The zero-order chi connectivity index (χ0) is 35.0. The molecule has 0 unspecified atom stereocenters. The highest BCUT2D eigenvalue weighted by molar-refractivity contribution is 14.1. The zero-order valence-corrected chi connectivity index (χ0v) is 28.2. The number of hydrogen-bond acceptors (Lipinski definition) is 8. The van der Waals surface area contributed by atoms with Crippen LogP contribution < -0.4 is 19.5 Å². The minimum absolute atomic E-state index is 0.0187. The smallest absolute Gasteiger partial charge is 0.416 e. The molecule has 0 radical (unpaired) electrons. The van der Waals surface area contributed by atoms with E-state index in [9.17, 15) is 37.8 Å². The van der Waals surface area contributed by atoms with Gasteiger partial charge in [-0.1, -0.05) is 18.2 Å². The molecule has 0 bridgehead atoms. The number of ether oxygens (including phenoxy) is 3. The number of aliphatic hydroxyl groups is 2. The summed E-state index contributed by atoms with van der Waals surface area (Å²) in [5.41, 5.74) is 0.198. The maximum Gasteiger partial charge on any atom is 0.416 e. The van der Waals surface area contributed by atoms with Crippen molar-refractivity contribution in [3.63, 3.8) is 0 Å². The van der Waals surface area contributed by atoms with Crippen LogP contribution in [0.5, 0.6) is 17.2 Å². The van der Waals surface area contributed by atoms with Crippen molar-refractivity contribution in [2.24, 2.45) is 0 Å². The van der Waals surface area contributed by atoms with E-state index >= 15 is 0 Å². The van der Waals surface area contributed by atoms with Gasteiger partial charge < -0.3 is 34.6 Å². The number of methoxy groups -OCH3 is 2. The highest BCUT2D eigenvalue weighted by Crippen LogP contribution is 2.37. The topological polar surface area (TPSA) is 135 Å². The third-order valence-electron chi connectivity index (χ3n) is 7.79. The predicted molar refractivity (Wildman–Crippen MR) is 177 cm³/mol. The second-order valence-corrected chi connectivity index (χ2v) is 12.0. The van der Waals surface area contributed by atoms with Crippen LogP contribution in [0.4, 0.5) is 13.2 Å². The predicted octanol–water partition coefficient (Wildman–Crippen LogP) is 4.44. The molecule has 1 aliphatic rings. The van der Waals surface area contributed by atoms with Crippen LogP contribution in [-0.2, 0) is 17.4 Å². The average Bonchev–Trinajstić information content (AvgIpc) is 3.08. The van der Waals surface area contributed by atoms with Crippen LogP contribution in [0.25, 0.3) is 0 Å². The highest BCUT2D eigenvalue weighted by atomic mass is 127. The number of nitrogens with zero attached hydrogens (tertiary/aromatic N) is 1. The zero-order valence-electron chi connectivity index (χ0n) is 26.0. The van der Waals surface area contributed by atoms with Crippen LogP contribution in [0, 0.1) is 3.57 Å². The lowest BCUT2D eigenvalue weighted by molar-refractivity contribution is -0.137. The van der Waals surface area contributed by atoms with E-state index in [0.29, 0.717) is 21.2 Å². The molecule has 14 heteroatoms. The van der Waals surface area contributed by atoms with Gasteiger partial charge in [0.2, 0.25) is 5.91 Å². The van der Waals surface area contributed by atoms with Gasteiger partial charge in [-0.25, -0.2) is 0 Å². The SMILES string of the molecule is COc1ccccc1CCN(C(=O)c1ccc(C(F)(F)F)cc1)[C@@H]1CC(C(=O)NCCO)=C[C@H](Oc2c(I)cc(C=O)cc2OC)[C@H]1O. The molecule has 0 aromatic heterocycles. The number of rotatable bonds is 13. The number of carbonyl (C=O) groups is 3. The average molecular weight is 783 g/mol. The summed E-state index contributed by atoms with van der Waals surface area (Å²) in [6.45, 7) is -0.411. The molecule has 0 aliphatic heterocycles. The summed E-state index contributed by atoms with van der Waals surface area (Å²) in [5.74, 6) is -0.337. The lowest BCUT2D eigenvalue weighted by Gasteiger charge is -2.41. The van der Waals surface area contributed by atoms with Crippen molar-refractivity contribution in [2.45, 2.75) is 37.3 Å². The highest BCUT2D eigenvalue weighted by Gasteiger charge is 2.41. The third kappa shape index (κ3) is 8.65. The van der Waals surface area contributed by atoms with E-state index in [1.807, 2.05) is 22.6 Å². The summed E-state index contributed by atoms with van der Waals surface area (Å²) in [7, 11) is 2.87. The van der Waals surface area contributed by atoms with Crippen molar-refractivity contribution < 1.29 is 52.0 Å². The number of alkyl halides is 3. The van der Waals surface area contributed by atoms with Gasteiger partial charge in [-0.3, -0.25) is 14.4 Å². The van der Waals surface area contributed by atoms with Crippen LogP contribution in [0.15, 0.2) is 72.3 Å². The van der Waals surface area contributed by atoms with Gasteiger partial charge in [-0.15, -0.1) is 0 Å². The van der Waals surface area contributed by atoms with E-state index < -0.39 is 41.8 Å². The molecule has 1 aliphatic carbocycles. The number of carbonyl (C=O) groups excluding carboxylic acids is 3. The van der Waals surface area contributed by atoms with Crippen molar-refractivity contribution in [2.75, 3.05) is 33.9 Å². The number of para-hydroxylation sites is 1. The van der Waals surface area contributed by atoms with Gasteiger partial charge in [0, 0.05) is 36.2 Å². The van der Waals surface area contributed by atoms with Crippen molar-refractivity contribution in [1.82, 2.24) is 10.2 Å². The number of aldehydes is 1. The van der Waals surface area contributed by atoms with Crippen LogP contribution in [0.2, 0.25) is 0 Å². The molecule has 0 fully saturated rings. The molecule has 4 rings (SSSR count). The number of halogens is 4. The number of hydrogen-bond donors (Lipinski definition) is 3. The standard InChI is InChI=1S/C34H34F3IN2O8/c1-46-27-6-4-3-5-21(27)11-13-40(33(45)22-7-9-24(10-8-22)34(35,36)37)26-17-23(32(44)39-12-14-41)18-28(30(26)43)48-31-25(38)15-20(19-42)16-29(31)47-2/h3-10,15-16,18-19,26,28,30,41,43H,11-14,17H2,1-2H3,(H,39,44)/t26-,28+,30+/m1/s1. The summed E-state index contributed by atoms with van der Waals surface area (Å²) in [6.07, 6.45) is -5.14. The molecule has 48 heavy (non-hydrogen) atoms. The summed E-state index contributed by atoms with van der Waals surface area (Å²) in [5, 5.41) is 23.7. The molecule has 3 atom stereocenters. The van der Waals surface area contributed by atoms with Gasteiger partial charge in [0.15, 0.2) is 11.5 Å². The van der Waals surface area contributed by atoms with E-state index in [-0.39, 0.29) is 55.2 Å².